The van der Waals surface area contributed by atoms with Gasteiger partial charge in [-0.15, -0.1) is 11.8 Å². The van der Waals surface area contributed by atoms with Gasteiger partial charge in [0.15, 0.2) is 0 Å². The maximum atomic E-state index is 13.1. The van der Waals surface area contributed by atoms with Crippen molar-refractivity contribution in [2.45, 2.75) is 37.6 Å². The highest BCUT2D eigenvalue weighted by Gasteiger charge is 2.53. The molecule has 0 aromatic heterocycles. The number of hydrogen-bond acceptors (Lipinski definition) is 5. The zero-order valence-electron chi connectivity index (χ0n) is 18.0. The quantitative estimate of drug-likeness (QED) is 0.340. The van der Waals surface area contributed by atoms with Gasteiger partial charge in [0, 0.05) is 22.1 Å². The third kappa shape index (κ3) is 4.26. The maximum Gasteiger partial charge on any atom is 0.295 e. The second-order valence-electron chi connectivity index (χ2n) is 8.51. The van der Waals surface area contributed by atoms with E-state index in [1.807, 2.05) is 54.8 Å². The normalized spacial score (nSPS) is 21.1. The minimum Gasteiger partial charge on any atom is -0.493 e. The second-order valence-corrected chi connectivity index (χ2v) is 9.39. The third-order valence-electron chi connectivity index (χ3n) is 5.94. The minimum atomic E-state index is -1.04. The fraction of sp³-hybridized carbons (Fsp3) is 0.400. The van der Waals surface area contributed by atoms with Crippen molar-refractivity contribution in [2.75, 3.05) is 17.8 Å². The predicted octanol–water partition coefficient (Wildman–Crippen LogP) is 4.70. The molecule has 5 nitrogen and oxygen atoms in total. The molecule has 1 saturated carbocycles. The Bertz CT molecular complexity index is 997. The van der Waals surface area contributed by atoms with E-state index in [9.17, 15) is 14.4 Å². The number of hydrogen-bond donors (Lipinski definition) is 0. The molecule has 0 bridgehead atoms. The molecule has 1 aliphatic heterocycles. The summed E-state index contributed by atoms with van der Waals surface area (Å²) in [7, 11) is 0. The van der Waals surface area contributed by atoms with Crippen LogP contribution in [0.5, 0.6) is 5.75 Å². The lowest BCUT2D eigenvalue weighted by molar-refractivity contribution is -0.139. The smallest absolute Gasteiger partial charge is 0.295 e. The van der Waals surface area contributed by atoms with Gasteiger partial charge in [0.1, 0.15) is 17.5 Å². The SMILES string of the molecule is CSc1ccc(N2C(=O)C(=O)C(C(=O)C(C)C)C2c2ccccc2OCC2CC2)cc1. The summed E-state index contributed by atoms with van der Waals surface area (Å²) in [5.41, 5.74) is 1.31. The highest BCUT2D eigenvalue weighted by atomic mass is 32.2. The van der Waals surface area contributed by atoms with Crippen LogP contribution in [0.1, 0.15) is 38.3 Å². The average molecular weight is 438 g/mol. The Hall–Kier alpha value is -2.60. The number of ketones is 2. The largest absolute Gasteiger partial charge is 0.493 e. The van der Waals surface area contributed by atoms with Crippen LogP contribution in [-0.4, -0.2) is 30.3 Å². The van der Waals surface area contributed by atoms with Gasteiger partial charge in [0.25, 0.3) is 5.91 Å². The molecule has 0 N–H and O–H groups in total. The Balaban J connectivity index is 1.80. The highest BCUT2D eigenvalue weighted by Crippen LogP contribution is 2.44. The van der Waals surface area contributed by atoms with E-state index in [4.69, 9.17) is 4.74 Å². The molecular weight excluding hydrogens is 410 g/mol. The Morgan fingerprint density at radius 2 is 1.77 bits per heavy atom. The van der Waals surface area contributed by atoms with E-state index in [1.54, 1.807) is 25.6 Å². The summed E-state index contributed by atoms with van der Waals surface area (Å²) in [4.78, 5) is 41.9. The molecular formula is C25H27NO4S. The number of nitrogens with zero attached hydrogens (tertiary/aromatic N) is 1. The molecule has 1 amide bonds. The number of carbonyl (C=O) groups excluding carboxylic acids is 3. The van der Waals surface area contributed by atoms with Gasteiger partial charge in [-0.2, -0.15) is 0 Å². The Morgan fingerprint density at radius 1 is 1.10 bits per heavy atom. The molecule has 1 saturated heterocycles. The molecule has 2 aliphatic rings. The molecule has 1 heterocycles. The lowest BCUT2D eigenvalue weighted by atomic mass is 9.84. The third-order valence-corrected chi connectivity index (χ3v) is 6.68. The fourth-order valence-electron chi connectivity index (χ4n) is 4.00. The number of benzene rings is 2. The Kier molecular flexibility index (Phi) is 6.19. The highest BCUT2D eigenvalue weighted by molar-refractivity contribution is 7.98. The van der Waals surface area contributed by atoms with E-state index in [2.05, 4.69) is 0 Å². The van der Waals surface area contributed by atoms with E-state index in [1.165, 1.54) is 4.90 Å². The predicted molar refractivity (Wildman–Crippen MR) is 121 cm³/mol. The van der Waals surface area contributed by atoms with Gasteiger partial charge in [-0.05, 0) is 55.3 Å². The van der Waals surface area contributed by atoms with E-state index in [0.717, 1.165) is 17.7 Å². The molecule has 6 heteroatoms. The van der Waals surface area contributed by atoms with E-state index >= 15 is 0 Å². The summed E-state index contributed by atoms with van der Waals surface area (Å²) < 4.78 is 6.09. The number of ether oxygens (including phenoxy) is 1. The topological polar surface area (TPSA) is 63.7 Å². The van der Waals surface area contributed by atoms with Crippen molar-refractivity contribution in [3.05, 3.63) is 54.1 Å². The van der Waals surface area contributed by atoms with Gasteiger partial charge < -0.3 is 4.74 Å². The number of Topliss-reactive ketones (excluding diaryl/α,β-unsaturated/α-hetero) is 2. The lowest BCUT2D eigenvalue weighted by Gasteiger charge is -2.29. The van der Waals surface area contributed by atoms with Gasteiger partial charge in [-0.3, -0.25) is 19.3 Å². The van der Waals surface area contributed by atoms with Gasteiger partial charge >= 0.3 is 0 Å². The summed E-state index contributed by atoms with van der Waals surface area (Å²) in [5.74, 6) is -1.71. The summed E-state index contributed by atoms with van der Waals surface area (Å²) in [5, 5.41) is 0. The molecule has 0 radical (unpaired) electrons. The van der Waals surface area contributed by atoms with Gasteiger partial charge in [0.2, 0.25) is 5.78 Å². The van der Waals surface area contributed by atoms with Crippen LogP contribution >= 0.6 is 11.8 Å². The molecule has 31 heavy (non-hydrogen) atoms. The first kappa shape index (κ1) is 21.6. The molecule has 0 spiro atoms. The molecule has 1 aliphatic carbocycles. The van der Waals surface area contributed by atoms with Crippen LogP contribution in [0.15, 0.2) is 53.4 Å². The number of rotatable bonds is 8. The maximum absolute atomic E-state index is 13.1. The summed E-state index contributed by atoms with van der Waals surface area (Å²) in [6, 6.07) is 14.2. The second kappa shape index (κ2) is 8.87. The minimum absolute atomic E-state index is 0.219. The molecule has 162 valence electrons. The zero-order valence-corrected chi connectivity index (χ0v) is 18.9. The molecule has 4 rings (SSSR count). The summed E-state index contributed by atoms with van der Waals surface area (Å²) >= 11 is 1.60. The van der Waals surface area contributed by atoms with Crippen molar-refractivity contribution >= 4 is 34.9 Å². The van der Waals surface area contributed by atoms with Crippen LogP contribution in [0.25, 0.3) is 0 Å². The van der Waals surface area contributed by atoms with E-state index < -0.39 is 23.7 Å². The van der Waals surface area contributed by atoms with Crippen LogP contribution in [0, 0.1) is 17.8 Å². The van der Waals surface area contributed by atoms with E-state index in [0.29, 0.717) is 29.5 Å². The number of thioether (sulfide) groups is 1. The van der Waals surface area contributed by atoms with Crippen molar-refractivity contribution in [3.8, 4) is 5.75 Å². The Labute approximate surface area is 187 Å². The monoisotopic (exact) mass is 437 g/mol. The van der Waals surface area contributed by atoms with Crippen molar-refractivity contribution in [1.29, 1.82) is 0 Å². The number of amides is 1. The molecule has 2 aromatic rings. The number of para-hydroxylation sites is 1. The van der Waals surface area contributed by atoms with Crippen molar-refractivity contribution in [1.82, 2.24) is 0 Å². The number of carbonyl (C=O) groups is 3. The standard InChI is InChI=1S/C25H27NO4S/c1-15(2)23(27)21-22(19-6-4-5-7-20(19)30-14-16-8-9-16)26(25(29)24(21)28)17-10-12-18(31-3)13-11-17/h4-7,10-13,15-16,21-22H,8-9,14H2,1-3H3. The summed E-state index contributed by atoms with van der Waals surface area (Å²) in [6.45, 7) is 4.14. The first-order valence-corrected chi connectivity index (χ1v) is 11.9. The van der Waals surface area contributed by atoms with Crippen LogP contribution in [0.2, 0.25) is 0 Å². The van der Waals surface area contributed by atoms with Crippen LogP contribution in [0.3, 0.4) is 0 Å². The van der Waals surface area contributed by atoms with Crippen molar-refractivity contribution in [3.63, 3.8) is 0 Å². The van der Waals surface area contributed by atoms with E-state index in [-0.39, 0.29) is 11.7 Å². The van der Waals surface area contributed by atoms with Crippen molar-refractivity contribution < 1.29 is 19.1 Å². The van der Waals surface area contributed by atoms with Crippen LogP contribution in [0.4, 0.5) is 5.69 Å². The summed E-state index contributed by atoms with van der Waals surface area (Å²) in [6.07, 6.45) is 4.29. The first-order valence-electron chi connectivity index (χ1n) is 10.7. The molecule has 2 aromatic carbocycles. The van der Waals surface area contributed by atoms with Gasteiger partial charge in [-0.1, -0.05) is 32.0 Å². The van der Waals surface area contributed by atoms with Gasteiger partial charge in [0.05, 0.1) is 12.6 Å². The molecule has 2 unspecified atom stereocenters. The average Bonchev–Trinajstić information content (AvgIpc) is 3.57. The number of anilines is 1. The first-order chi connectivity index (χ1) is 14.9. The van der Waals surface area contributed by atoms with Gasteiger partial charge in [-0.25, -0.2) is 0 Å². The molecule has 2 fully saturated rings. The van der Waals surface area contributed by atoms with Crippen molar-refractivity contribution in [2.24, 2.45) is 17.8 Å². The molecule has 2 atom stereocenters. The Morgan fingerprint density at radius 3 is 2.39 bits per heavy atom. The fourth-order valence-corrected chi connectivity index (χ4v) is 4.41. The van der Waals surface area contributed by atoms with Crippen LogP contribution < -0.4 is 9.64 Å². The lowest BCUT2D eigenvalue weighted by Crippen LogP contribution is -2.32. The van der Waals surface area contributed by atoms with Crippen LogP contribution in [-0.2, 0) is 14.4 Å². The zero-order chi connectivity index (χ0) is 22.1.